The predicted octanol–water partition coefficient (Wildman–Crippen LogP) is 2.40. The van der Waals surface area contributed by atoms with Crippen LogP contribution in [0.25, 0.3) is 0 Å². The zero-order valence-electron chi connectivity index (χ0n) is 13.8. The highest BCUT2D eigenvalue weighted by atomic mass is 35.5. The molecule has 0 atom stereocenters. The number of hydrogen-bond acceptors (Lipinski definition) is 6. The minimum atomic E-state index is -3.90. The summed E-state index contributed by atoms with van der Waals surface area (Å²) in [6, 6.07) is 7.62. The van der Waals surface area contributed by atoms with E-state index >= 15 is 0 Å². The van der Waals surface area contributed by atoms with Gasteiger partial charge in [0.05, 0.1) is 9.79 Å². The fraction of sp³-hybridized carbons (Fsp3) is 0.333. The zero-order valence-corrected chi connectivity index (χ0v) is 17.1. The predicted molar refractivity (Wildman–Crippen MR) is 101 cm³/mol. The van der Waals surface area contributed by atoms with E-state index < -0.39 is 19.9 Å². The lowest BCUT2D eigenvalue weighted by Gasteiger charge is -2.08. The van der Waals surface area contributed by atoms with Gasteiger partial charge in [0, 0.05) is 11.9 Å². The minimum Gasteiger partial charge on any atom is -0.312 e. The number of hydrogen-bond donors (Lipinski definition) is 2. The van der Waals surface area contributed by atoms with Gasteiger partial charge in [-0.3, -0.25) is 0 Å². The van der Waals surface area contributed by atoms with Crippen LogP contribution >= 0.6 is 23.7 Å². The molecule has 6 nitrogen and oxygen atoms in total. The number of nitrogens with one attached hydrogen (secondary N) is 1. The van der Waals surface area contributed by atoms with E-state index in [0.29, 0.717) is 12.5 Å². The summed E-state index contributed by atoms with van der Waals surface area (Å²) in [6.07, 6.45) is 0. The van der Waals surface area contributed by atoms with Gasteiger partial charge < -0.3 is 5.32 Å². The SMILES string of the molecule is CC(C)CNCc1ccc(S(=O)(=O)c2csc(S(N)(=O)=O)c2)cc1.Cl. The minimum absolute atomic E-state index is 0. The van der Waals surface area contributed by atoms with Gasteiger partial charge in [0.15, 0.2) is 0 Å². The van der Waals surface area contributed by atoms with Crippen LogP contribution < -0.4 is 10.5 Å². The number of halogens is 1. The van der Waals surface area contributed by atoms with Crippen molar-refractivity contribution in [3.05, 3.63) is 41.3 Å². The molecule has 0 fully saturated rings. The summed E-state index contributed by atoms with van der Waals surface area (Å²) in [5, 5.41) is 9.59. The van der Waals surface area contributed by atoms with E-state index in [4.69, 9.17) is 5.14 Å². The van der Waals surface area contributed by atoms with Crippen LogP contribution in [0.2, 0.25) is 0 Å². The molecular formula is C15H21ClN2O4S3. The van der Waals surface area contributed by atoms with E-state index in [1.165, 1.54) is 17.5 Å². The first-order chi connectivity index (χ1) is 11.1. The maximum Gasteiger partial charge on any atom is 0.247 e. The number of primary sulfonamides is 1. The van der Waals surface area contributed by atoms with E-state index in [9.17, 15) is 16.8 Å². The second kappa shape index (κ2) is 8.61. The van der Waals surface area contributed by atoms with E-state index in [1.54, 1.807) is 12.1 Å². The van der Waals surface area contributed by atoms with Crippen molar-refractivity contribution in [1.29, 1.82) is 0 Å². The summed E-state index contributed by atoms with van der Waals surface area (Å²) in [7, 11) is -7.66. The van der Waals surface area contributed by atoms with Crippen LogP contribution in [-0.2, 0) is 26.4 Å². The largest absolute Gasteiger partial charge is 0.312 e. The molecule has 140 valence electrons. The third kappa shape index (κ3) is 5.77. The first kappa shape index (κ1) is 22.1. The zero-order chi connectivity index (χ0) is 18.0. The van der Waals surface area contributed by atoms with E-state index in [1.807, 2.05) is 0 Å². The molecule has 0 saturated heterocycles. The van der Waals surface area contributed by atoms with Crippen molar-refractivity contribution in [1.82, 2.24) is 5.32 Å². The van der Waals surface area contributed by atoms with Crippen LogP contribution in [0.1, 0.15) is 19.4 Å². The molecule has 0 radical (unpaired) electrons. The summed E-state index contributed by atoms with van der Waals surface area (Å²) in [5.74, 6) is 0.538. The van der Waals surface area contributed by atoms with Gasteiger partial charge in [0.2, 0.25) is 19.9 Å². The summed E-state index contributed by atoms with van der Waals surface area (Å²) in [6.45, 7) is 5.76. The highest BCUT2D eigenvalue weighted by Crippen LogP contribution is 2.27. The Morgan fingerprint density at radius 3 is 2.16 bits per heavy atom. The first-order valence-corrected chi connectivity index (χ1v) is 11.2. The quantitative estimate of drug-likeness (QED) is 0.709. The molecule has 0 aliphatic heterocycles. The molecule has 3 N–H and O–H groups in total. The second-order valence-corrected chi connectivity index (χ2v) is 10.5. The molecule has 25 heavy (non-hydrogen) atoms. The Labute approximate surface area is 158 Å². The van der Waals surface area contributed by atoms with Gasteiger partial charge in [-0.25, -0.2) is 22.0 Å². The fourth-order valence-corrected chi connectivity index (χ4v) is 5.33. The Hall–Kier alpha value is -0.970. The van der Waals surface area contributed by atoms with Crippen molar-refractivity contribution in [2.24, 2.45) is 11.1 Å². The molecule has 0 aliphatic carbocycles. The topological polar surface area (TPSA) is 106 Å². The van der Waals surface area contributed by atoms with Gasteiger partial charge in [-0.1, -0.05) is 26.0 Å². The molecule has 0 spiro atoms. The van der Waals surface area contributed by atoms with Crippen molar-refractivity contribution in [3.63, 3.8) is 0 Å². The molecule has 1 aromatic heterocycles. The van der Waals surface area contributed by atoms with Crippen molar-refractivity contribution in [2.45, 2.75) is 34.4 Å². The van der Waals surface area contributed by atoms with Crippen LogP contribution in [-0.4, -0.2) is 23.4 Å². The monoisotopic (exact) mass is 424 g/mol. The molecule has 0 saturated carbocycles. The van der Waals surface area contributed by atoms with Crippen molar-refractivity contribution < 1.29 is 16.8 Å². The van der Waals surface area contributed by atoms with Gasteiger partial charge in [0.1, 0.15) is 4.21 Å². The molecule has 0 amide bonds. The van der Waals surface area contributed by atoms with Crippen molar-refractivity contribution in [3.8, 4) is 0 Å². The highest BCUT2D eigenvalue weighted by molar-refractivity contribution is 7.92. The third-order valence-electron chi connectivity index (χ3n) is 3.26. The van der Waals surface area contributed by atoms with Crippen LogP contribution in [0, 0.1) is 5.92 Å². The Kier molecular flexibility index (Phi) is 7.60. The smallest absolute Gasteiger partial charge is 0.247 e. The molecule has 1 aromatic carbocycles. The summed E-state index contributed by atoms with van der Waals surface area (Å²) in [5.41, 5.74) is 0.977. The van der Waals surface area contributed by atoms with E-state index in [-0.39, 0.29) is 26.4 Å². The van der Waals surface area contributed by atoms with E-state index in [2.05, 4.69) is 19.2 Å². The molecule has 1 heterocycles. The lowest BCUT2D eigenvalue weighted by atomic mass is 10.2. The molecule has 10 heteroatoms. The van der Waals surface area contributed by atoms with Crippen molar-refractivity contribution >= 4 is 43.6 Å². The van der Waals surface area contributed by atoms with Crippen LogP contribution in [0.4, 0.5) is 0 Å². The van der Waals surface area contributed by atoms with Crippen molar-refractivity contribution in [2.75, 3.05) is 6.54 Å². The fourth-order valence-electron chi connectivity index (χ4n) is 2.02. The number of nitrogens with two attached hydrogens (primary N) is 1. The van der Waals surface area contributed by atoms with Crippen LogP contribution in [0.15, 0.2) is 49.7 Å². The molecule has 2 aromatic rings. The van der Waals surface area contributed by atoms with Crippen LogP contribution in [0.5, 0.6) is 0 Å². The average Bonchev–Trinajstić information content (AvgIpc) is 2.98. The standard InChI is InChI=1S/C15H20N2O4S3.ClH/c1-11(2)8-17-9-12-3-5-13(6-4-12)23(18,19)14-7-15(22-10-14)24(16,20)21;/h3-7,10-11,17H,8-9H2,1-2H3,(H2,16,20,21);1H. The number of rotatable bonds is 7. The molecular weight excluding hydrogens is 404 g/mol. The van der Waals surface area contributed by atoms with E-state index in [0.717, 1.165) is 29.5 Å². The van der Waals surface area contributed by atoms with Gasteiger partial charge >= 0.3 is 0 Å². The summed E-state index contributed by atoms with van der Waals surface area (Å²) in [4.78, 5) is 0.0519. The maximum atomic E-state index is 12.5. The normalized spacial score (nSPS) is 12.2. The van der Waals surface area contributed by atoms with Gasteiger partial charge in [-0.15, -0.1) is 23.7 Å². The Bertz CT molecular complexity index is 905. The average molecular weight is 425 g/mol. The maximum absolute atomic E-state index is 12.5. The number of sulfonamides is 1. The first-order valence-electron chi connectivity index (χ1n) is 7.27. The molecule has 0 bridgehead atoms. The van der Waals surface area contributed by atoms with Gasteiger partial charge in [-0.2, -0.15) is 0 Å². The van der Waals surface area contributed by atoms with Crippen LogP contribution in [0.3, 0.4) is 0 Å². The number of thiophene rings is 1. The molecule has 0 aliphatic rings. The van der Waals surface area contributed by atoms with Gasteiger partial charge in [-0.05, 0) is 36.2 Å². The lowest BCUT2D eigenvalue weighted by molar-refractivity contribution is 0.552. The van der Waals surface area contributed by atoms with Gasteiger partial charge in [0.25, 0.3) is 0 Å². The lowest BCUT2D eigenvalue weighted by Crippen LogP contribution is -2.18. The highest BCUT2D eigenvalue weighted by Gasteiger charge is 2.22. The Morgan fingerprint density at radius 2 is 1.68 bits per heavy atom. The Morgan fingerprint density at radius 1 is 1.08 bits per heavy atom. The second-order valence-electron chi connectivity index (χ2n) is 5.82. The molecule has 2 rings (SSSR count). The summed E-state index contributed by atoms with van der Waals surface area (Å²) >= 11 is 0.793. The third-order valence-corrected chi connectivity index (χ3v) is 7.54. The Balaban J connectivity index is 0.00000312. The number of benzene rings is 1. The number of sulfone groups is 1. The summed E-state index contributed by atoms with van der Waals surface area (Å²) < 4.78 is 47.5. The molecule has 0 unspecified atom stereocenters.